The van der Waals surface area contributed by atoms with Gasteiger partial charge in [0.2, 0.25) is 0 Å². The van der Waals surface area contributed by atoms with Crippen molar-refractivity contribution >= 4 is 47.9 Å². The lowest BCUT2D eigenvalue weighted by molar-refractivity contribution is -0.126. The number of hydrogen-bond donors (Lipinski definition) is 3. The smallest absolute Gasteiger partial charge is 0.253 e. The van der Waals surface area contributed by atoms with E-state index >= 15 is 0 Å². The van der Waals surface area contributed by atoms with Crippen molar-refractivity contribution < 1.29 is 9.53 Å². The average molecular weight is 385 g/mol. The zero-order valence-electron chi connectivity index (χ0n) is 13.6. The zero-order chi connectivity index (χ0) is 16.1. The van der Waals surface area contributed by atoms with E-state index in [9.17, 15) is 4.79 Å². The molecule has 6 nitrogen and oxygen atoms in total. The van der Waals surface area contributed by atoms with Crippen LogP contribution in [0.4, 0.5) is 17.2 Å². The fourth-order valence-corrected chi connectivity index (χ4v) is 2.51. The predicted octanol–water partition coefficient (Wildman–Crippen LogP) is 3.11. The molecule has 8 heteroatoms. The summed E-state index contributed by atoms with van der Waals surface area (Å²) in [4.78, 5) is 16.4. The van der Waals surface area contributed by atoms with Gasteiger partial charge in [-0.05, 0) is 37.1 Å². The average Bonchev–Trinajstić information content (AvgIpc) is 3.07. The Kier molecular flexibility index (Phi) is 8.65. The third kappa shape index (κ3) is 5.86. The fourth-order valence-electron chi connectivity index (χ4n) is 2.51. The fraction of sp³-hybridized carbons (Fsp3) is 0.294. The van der Waals surface area contributed by atoms with Gasteiger partial charge in [0.15, 0.2) is 0 Å². The van der Waals surface area contributed by atoms with E-state index in [0.717, 1.165) is 17.9 Å². The van der Waals surface area contributed by atoms with E-state index in [1.54, 1.807) is 6.20 Å². The molecule has 0 spiro atoms. The van der Waals surface area contributed by atoms with Gasteiger partial charge >= 0.3 is 0 Å². The second kappa shape index (κ2) is 10.2. The van der Waals surface area contributed by atoms with Crippen LogP contribution in [-0.2, 0) is 9.53 Å². The number of nitrogens with zero attached hydrogens (tertiary/aromatic N) is 1. The molecule has 0 bridgehead atoms. The van der Waals surface area contributed by atoms with Gasteiger partial charge in [0.05, 0.1) is 18.0 Å². The highest BCUT2D eigenvalue weighted by Gasteiger charge is 2.29. The molecule has 1 amide bonds. The maximum absolute atomic E-state index is 12.1. The summed E-state index contributed by atoms with van der Waals surface area (Å²) in [6.07, 6.45) is 2.71. The van der Waals surface area contributed by atoms with Crippen molar-refractivity contribution in [3.05, 3.63) is 48.7 Å². The third-order valence-electron chi connectivity index (χ3n) is 3.74. The summed E-state index contributed by atoms with van der Waals surface area (Å²) in [5.74, 6) is 0.570. The number of aromatic nitrogens is 1. The first-order chi connectivity index (χ1) is 11.2. The summed E-state index contributed by atoms with van der Waals surface area (Å²) in [5.41, 5.74) is 7.16. The largest absolute Gasteiger partial charge is 0.364 e. The molecule has 1 aliphatic heterocycles. The Bertz CT molecular complexity index is 655. The maximum Gasteiger partial charge on any atom is 0.253 e. The number of pyridine rings is 1. The van der Waals surface area contributed by atoms with E-state index < -0.39 is 6.10 Å². The van der Waals surface area contributed by atoms with Crippen molar-refractivity contribution in [3.63, 3.8) is 0 Å². The number of anilines is 3. The van der Waals surface area contributed by atoms with E-state index in [1.807, 2.05) is 42.5 Å². The van der Waals surface area contributed by atoms with E-state index in [-0.39, 0.29) is 36.8 Å². The summed E-state index contributed by atoms with van der Waals surface area (Å²) in [6, 6.07) is 13.4. The lowest BCUT2D eigenvalue weighted by Crippen LogP contribution is -2.29. The van der Waals surface area contributed by atoms with Crippen LogP contribution < -0.4 is 16.4 Å². The Morgan fingerprint density at radius 3 is 2.48 bits per heavy atom. The summed E-state index contributed by atoms with van der Waals surface area (Å²) < 4.78 is 5.58. The minimum absolute atomic E-state index is 0. The molecule has 2 atom stereocenters. The Morgan fingerprint density at radius 2 is 1.88 bits per heavy atom. The molecule has 1 aliphatic rings. The van der Waals surface area contributed by atoms with Crippen molar-refractivity contribution in [2.24, 2.45) is 5.73 Å². The van der Waals surface area contributed by atoms with Crippen molar-refractivity contribution in [1.29, 1.82) is 0 Å². The Labute approximate surface area is 159 Å². The summed E-state index contributed by atoms with van der Waals surface area (Å²) >= 11 is 0. The Hall–Kier alpha value is -1.86. The maximum atomic E-state index is 12.1. The highest BCUT2D eigenvalue weighted by atomic mass is 35.5. The predicted molar refractivity (Wildman–Crippen MR) is 104 cm³/mol. The van der Waals surface area contributed by atoms with Gasteiger partial charge in [-0.2, -0.15) is 0 Å². The summed E-state index contributed by atoms with van der Waals surface area (Å²) in [6.45, 7) is 0.450. The van der Waals surface area contributed by atoms with Crippen LogP contribution in [0.25, 0.3) is 0 Å². The first-order valence-corrected chi connectivity index (χ1v) is 7.69. The molecule has 1 aromatic heterocycles. The number of benzene rings is 1. The molecule has 0 saturated carbocycles. The van der Waals surface area contributed by atoms with Crippen LogP contribution in [0.1, 0.15) is 12.8 Å². The Balaban J connectivity index is 0.00000156. The number of carbonyl (C=O) groups is 1. The van der Waals surface area contributed by atoms with Gasteiger partial charge in [-0.25, -0.2) is 4.98 Å². The standard InChI is InChI=1S/C17H20N4O2.2ClH/c18-10-14-7-8-15(23-14)17(22)21-13-6-9-16(19-11-13)20-12-4-2-1-3-5-12;;/h1-6,9,11,14-15H,7-8,10,18H2,(H,19,20)(H,21,22);2*1H/t14-,15+;;/m1../s1. The van der Waals surface area contributed by atoms with Gasteiger partial charge in [-0.3, -0.25) is 4.79 Å². The molecule has 2 heterocycles. The molecule has 2 aromatic rings. The van der Waals surface area contributed by atoms with Crippen molar-refractivity contribution in [2.75, 3.05) is 17.2 Å². The van der Waals surface area contributed by atoms with E-state index in [2.05, 4.69) is 15.6 Å². The first-order valence-electron chi connectivity index (χ1n) is 7.69. The van der Waals surface area contributed by atoms with Gasteiger partial charge in [0.25, 0.3) is 5.91 Å². The van der Waals surface area contributed by atoms with E-state index in [1.165, 1.54) is 0 Å². The van der Waals surface area contributed by atoms with Gasteiger partial charge in [-0.15, -0.1) is 24.8 Å². The summed E-state index contributed by atoms with van der Waals surface area (Å²) in [7, 11) is 0. The van der Waals surface area contributed by atoms with Gasteiger partial charge in [-0.1, -0.05) is 18.2 Å². The van der Waals surface area contributed by atoms with Gasteiger partial charge in [0.1, 0.15) is 11.9 Å². The van der Waals surface area contributed by atoms with Crippen LogP contribution in [0, 0.1) is 0 Å². The second-order valence-electron chi connectivity index (χ2n) is 5.47. The molecule has 3 rings (SSSR count). The molecule has 0 aliphatic carbocycles. The number of ether oxygens (including phenoxy) is 1. The number of amides is 1. The number of carbonyl (C=O) groups excluding carboxylic acids is 1. The SMILES string of the molecule is Cl.Cl.NC[C@H]1CC[C@@H](C(=O)Nc2ccc(Nc3ccccc3)nc2)O1. The number of hydrogen-bond acceptors (Lipinski definition) is 5. The minimum Gasteiger partial charge on any atom is -0.364 e. The molecule has 0 radical (unpaired) electrons. The van der Waals surface area contributed by atoms with Crippen molar-refractivity contribution in [3.8, 4) is 0 Å². The van der Waals surface area contributed by atoms with Crippen molar-refractivity contribution in [1.82, 2.24) is 4.98 Å². The second-order valence-corrected chi connectivity index (χ2v) is 5.47. The summed E-state index contributed by atoms with van der Waals surface area (Å²) in [5, 5.41) is 6.02. The number of nitrogens with two attached hydrogens (primary N) is 1. The van der Waals surface area contributed by atoms with E-state index in [4.69, 9.17) is 10.5 Å². The first kappa shape index (κ1) is 21.2. The molecule has 1 saturated heterocycles. The van der Waals surface area contributed by atoms with Crippen LogP contribution in [-0.4, -0.2) is 29.6 Å². The van der Waals surface area contributed by atoms with Gasteiger partial charge in [0, 0.05) is 12.2 Å². The minimum atomic E-state index is -0.425. The normalized spacial score (nSPS) is 18.6. The topological polar surface area (TPSA) is 89.3 Å². The number of nitrogens with one attached hydrogen (secondary N) is 2. The van der Waals surface area contributed by atoms with E-state index in [0.29, 0.717) is 18.7 Å². The zero-order valence-corrected chi connectivity index (χ0v) is 15.2. The number of rotatable bonds is 5. The number of para-hydroxylation sites is 1. The van der Waals surface area contributed by atoms with Crippen LogP contribution in [0.5, 0.6) is 0 Å². The third-order valence-corrected chi connectivity index (χ3v) is 3.74. The van der Waals surface area contributed by atoms with Gasteiger partial charge < -0.3 is 21.1 Å². The Morgan fingerprint density at radius 1 is 1.12 bits per heavy atom. The molecular formula is C17H22Cl2N4O2. The molecule has 0 unspecified atom stereocenters. The highest BCUT2D eigenvalue weighted by molar-refractivity contribution is 5.94. The number of halogens is 2. The van der Waals surface area contributed by atoms with Crippen LogP contribution in [0.2, 0.25) is 0 Å². The van der Waals surface area contributed by atoms with Crippen LogP contribution in [0.3, 0.4) is 0 Å². The quantitative estimate of drug-likeness (QED) is 0.736. The molecule has 4 N–H and O–H groups in total. The molecule has 25 heavy (non-hydrogen) atoms. The molecule has 136 valence electrons. The van der Waals surface area contributed by atoms with Crippen LogP contribution in [0.15, 0.2) is 48.7 Å². The van der Waals surface area contributed by atoms with Crippen LogP contribution >= 0.6 is 24.8 Å². The highest BCUT2D eigenvalue weighted by Crippen LogP contribution is 2.21. The lowest BCUT2D eigenvalue weighted by Gasteiger charge is -2.13. The monoisotopic (exact) mass is 384 g/mol. The van der Waals surface area contributed by atoms with Crippen molar-refractivity contribution in [2.45, 2.75) is 25.0 Å². The molecule has 1 fully saturated rings. The lowest BCUT2D eigenvalue weighted by atomic mass is 10.2. The molecular weight excluding hydrogens is 363 g/mol. The molecule has 1 aromatic carbocycles.